The maximum Gasteiger partial charge on any atom is 0.230 e. The van der Waals surface area contributed by atoms with Gasteiger partial charge in [0.15, 0.2) is 0 Å². The summed E-state index contributed by atoms with van der Waals surface area (Å²) in [6.45, 7) is 5.38. The molecule has 23 heavy (non-hydrogen) atoms. The van der Waals surface area contributed by atoms with E-state index in [1.807, 2.05) is 13.0 Å². The lowest BCUT2D eigenvalue weighted by atomic mass is 9.82. The summed E-state index contributed by atoms with van der Waals surface area (Å²) >= 11 is 0. The molecule has 6 heteroatoms. The monoisotopic (exact) mass is 319 g/mol. The van der Waals surface area contributed by atoms with E-state index in [0.29, 0.717) is 12.0 Å². The Morgan fingerprint density at radius 1 is 1.35 bits per heavy atom. The topological polar surface area (TPSA) is 82.0 Å². The molecule has 0 heterocycles. The molecule has 0 bridgehead atoms. The van der Waals surface area contributed by atoms with Crippen LogP contribution in [-0.2, 0) is 15.0 Å². The molecule has 0 saturated heterocycles. The third-order valence-electron chi connectivity index (χ3n) is 3.94. The van der Waals surface area contributed by atoms with Crippen molar-refractivity contribution in [2.75, 3.05) is 13.6 Å². The largest absolute Gasteiger partial charge is 0.359 e. The summed E-state index contributed by atoms with van der Waals surface area (Å²) in [5, 5.41) is 14.2. The second kappa shape index (κ2) is 7.73. The van der Waals surface area contributed by atoms with Gasteiger partial charge >= 0.3 is 0 Å². The zero-order valence-corrected chi connectivity index (χ0v) is 13.9. The highest BCUT2D eigenvalue weighted by molar-refractivity contribution is 5.88. The van der Waals surface area contributed by atoms with Gasteiger partial charge in [-0.3, -0.25) is 9.59 Å². The minimum absolute atomic E-state index is 0.136. The quantitative estimate of drug-likeness (QED) is 0.839. The first-order valence-corrected chi connectivity index (χ1v) is 7.47. The van der Waals surface area contributed by atoms with Gasteiger partial charge in [-0.05, 0) is 44.0 Å². The van der Waals surface area contributed by atoms with Crippen LogP contribution < -0.4 is 10.6 Å². The summed E-state index contributed by atoms with van der Waals surface area (Å²) in [5.74, 6) is -1.34. The molecule has 0 aliphatic heterocycles. The van der Waals surface area contributed by atoms with E-state index in [2.05, 4.69) is 10.6 Å². The van der Waals surface area contributed by atoms with Crippen molar-refractivity contribution in [3.63, 3.8) is 0 Å². The molecule has 1 atom stereocenters. The summed E-state index contributed by atoms with van der Waals surface area (Å²) < 4.78 is 13.6. The molecule has 5 nitrogen and oxygen atoms in total. The molecule has 124 valence electrons. The fourth-order valence-corrected chi connectivity index (χ4v) is 2.21. The first-order valence-electron chi connectivity index (χ1n) is 7.47. The number of nitrogens with one attached hydrogen (secondary N) is 2. The molecule has 0 aliphatic carbocycles. The average Bonchev–Trinajstić information content (AvgIpc) is 2.53. The van der Waals surface area contributed by atoms with Crippen LogP contribution >= 0.6 is 0 Å². The number of carbonyl (C=O) groups is 2. The average molecular weight is 319 g/mol. The first kappa shape index (κ1) is 18.6. The fraction of sp³-hybridized carbons (Fsp3) is 0.471. The minimum Gasteiger partial charge on any atom is -0.359 e. The number of carbonyl (C=O) groups excluding carboxylic acids is 2. The summed E-state index contributed by atoms with van der Waals surface area (Å²) in [6.07, 6.45) is 0.596. The second-order valence-corrected chi connectivity index (χ2v) is 5.89. The van der Waals surface area contributed by atoms with E-state index >= 15 is 0 Å². The summed E-state index contributed by atoms with van der Waals surface area (Å²) in [7, 11) is 1.55. The van der Waals surface area contributed by atoms with Gasteiger partial charge in [-0.1, -0.05) is 6.92 Å². The Kier molecular flexibility index (Phi) is 6.26. The highest BCUT2D eigenvalue weighted by Gasteiger charge is 2.31. The number of amides is 2. The third-order valence-corrected chi connectivity index (χ3v) is 3.94. The molecule has 0 unspecified atom stereocenters. The molecular formula is C17H22FN3O2. The number of hydrogen-bond acceptors (Lipinski definition) is 3. The van der Waals surface area contributed by atoms with E-state index in [0.717, 1.165) is 6.07 Å². The normalized spacial score (nSPS) is 12.2. The summed E-state index contributed by atoms with van der Waals surface area (Å²) in [5.41, 5.74) is -0.438. The molecule has 0 fully saturated rings. The van der Waals surface area contributed by atoms with Crippen molar-refractivity contribution in [1.29, 1.82) is 5.26 Å². The molecule has 0 radical (unpaired) electrons. The van der Waals surface area contributed by atoms with E-state index in [-0.39, 0.29) is 29.8 Å². The highest BCUT2D eigenvalue weighted by Crippen LogP contribution is 2.25. The molecule has 0 aromatic heterocycles. The molecule has 0 aliphatic rings. The predicted molar refractivity (Wildman–Crippen MR) is 85.0 cm³/mol. The number of rotatable bonds is 6. The van der Waals surface area contributed by atoms with Gasteiger partial charge in [0.1, 0.15) is 5.82 Å². The second-order valence-electron chi connectivity index (χ2n) is 5.89. The van der Waals surface area contributed by atoms with Gasteiger partial charge in [0.05, 0.1) is 23.0 Å². The van der Waals surface area contributed by atoms with Gasteiger partial charge in [-0.2, -0.15) is 5.26 Å². The van der Waals surface area contributed by atoms with Crippen LogP contribution in [-0.4, -0.2) is 25.4 Å². The van der Waals surface area contributed by atoms with Crippen molar-refractivity contribution < 1.29 is 14.0 Å². The van der Waals surface area contributed by atoms with Crippen LogP contribution in [0.3, 0.4) is 0 Å². The lowest BCUT2D eigenvalue weighted by Gasteiger charge is -2.25. The van der Waals surface area contributed by atoms with E-state index in [9.17, 15) is 14.0 Å². The molecule has 1 aromatic carbocycles. The van der Waals surface area contributed by atoms with Crippen molar-refractivity contribution >= 4 is 11.8 Å². The van der Waals surface area contributed by atoms with E-state index < -0.39 is 11.2 Å². The predicted octanol–water partition coefficient (Wildman–Crippen LogP) is 1.86. The van der Waals surface area contributed by atoms with Crippen LogP contribution in [0.15, 0.2) is 18.2 Å². The lowest BCUT2D eigenvalue weighted by Crippen LogP contribution is -2.44. The van der Waals surface area contributed by atoms with Crippen LogP contribution in [0.1, 0.15) is 38.3 Å². The number of hydrogen-bond donors (Lipinski definition) is 2. The maximum absolute atomic E-state index is 13.6. The summed E-state index contributed by atoms with van der Waals surface area (Å²) in [4.78, 5) is 24.1. The minimum atomic E-state index is -1.02. The van der Waals surface area contributed by atoms with Gasteiger partial charge < -0.3 is 10.6 Å². The van der Waals surface area contributed by atoms with Gasteiger partial charge in [0, 0.05) is 13.6 Å². The van der Waals surface area contributed by atoms with Crippen LogP contribution in [0.2, 0.25) is 0 Å². The Balaban J connectivity index is 2.91. The van der Waals surface area contributed by atoms with E-state index in [1.54, 1.807) is 20.9 Å². The fourth-order valence-electron chi connectivity index (χ4n) is 2.21. The molecule has 1 rings (SSSR count). The highest BCUT2D eigenvalue weighted by atomic mass is 19.1. The number of halogens is 1. The molecule has 1 aromatic rings. The van der Waals surface area contributed by atoms with Crippen LogP contribution in [0.4, 0.5) is 4.39 Å². The zero-order valence-electron chi connectivity index (χ0n) is 13.9. The van der Waals surface area contributed by atoms with Crippen molar-refractivity contribution in [3.05, 3.63) is 35.1 Å². The van der Waals surface area contributed by atoms with Crippen molar-refractivity contribution in [3.8, 4) is 6.07 Å². The van der Waals surface area contributed by atoms with E-state index in [4.69, 9.17) is 5.26 Å². The Hall–Kier alpha value is -2.42. The van der Waals surface area contributed by atoms with Crippen molar-refractivity contribution in [2.45, 2.75) is 32.6 Å². The Morgan fingerprint density at radius 2 is 2.00 bits per heavy atom. The molecule has 0 saturated carbocycles. The molecular weight excluding hydrogens is 297 g/mol. The van der Waals surface area contributed by atoms with Crippen LogP contribution in [0.5, 0.6) is 0 Å². The standard InChI is InChI=1S/C17H22FN3O2/c1-5-12(15(22)20-4)10-21-16(23)17(2,3)13-6-11(9-19)7-14(18)8-13/h6-8,12H,5,10H2,1-4H3,(H,20,22)(H,21,23)/t12-/m1/s1. The Morgan fingerprint density at radius 3 is 2.52 bits per heavy atom. The van der Waals surface area contributed by atoms with Gasteiger partial charge in [0.25, 0.3) is 0 Å². The lowest BCUT2D eigenvalue weighted by molar-refractivity contribution is -0.127. The smallest absolute Gasteiger partial charge is 0.230 e. The van der Waals surface area contributed by atoms with Gasteiger partial charge in [-0.25, -0.2) is 4.39 Å². The van der Waals surface area contributed by atoms with Crippen molar-refractivity contribution in [1.82, 2.24) is 10.6 Å². The van der Waals surface area contributed by atoms with E-state index in [1.165, 1.54) is 12.1 Å². The SMILES string of the molecule is CC[C@H](CNC(=O)C(C)(C)c1cc(F)cc(C#N)c1)C(=O)NC. The molecule has 0 spiro atoms. The summed E-state index contributed by atoms with van der Waals surface area (Å²) in [6, 6.07) is 5.74. The number of nitriles is 1. The van der Waals surface area contributed by atoms with Gasteiger partial charge in [-0.15, -0.1) is 0 Å². The number of nitrogens with zero attached hydrogens (tertiary/aromatic N) is 1. The zero-order chi connectivity index (χ0) is 17.6. The molecule has 2 amide bonds. The Bertz CT molecular complexity index is 635. The van der Waals surface area contributed by atoms with Gasteiger partial charge in [0.2, 0.25) is 11.8 Å². The van der Waals surface area contributed by atoms with Crippen LogP contribution in [0.25, 0.3) is 0 Å². The third kappa shape index (κ3) is 4.52. The molecule has 2 N–H and O–H groups in total. The number of benzene rings is 1. The first-order chi connectivity index (χ1) is 10.8. The van der Waals surface area contributed by atoms with Crippen molar-refractivity contribution in [2.24, 2.45) is 5.92 Å². The Labute approximate surface area is 135 Å². The van der Waals surface area contributed by atoms with Crippen LogP contribution in [0, 0.1) is 23.1 Å². The maximum atomic E-state index is 13.6.